The lowest BCUT2D eigenvalue weighted by molar-refractivity contribution is 0.213. The van der Waals surface area contributed by atoms with Gasteiger partial charge in [0.15, 0.2) is 0 Å². The Balaban J connectivity index is 1.85. The van der Waals surface area contributed by atoms with E-state index in [1.807, 2.05) is 18.2 Å². The number of anilines is 1. The first-order valence-corrected chi connectivity index (χ1v) is 8.84. The lowest BCUT2D eigenvalue weighted by Crippen LogP contribution is -2.34. The Morgan fingerprint density at radius 3 is 2.76 bits per heavy atom. The van der Waals surface area contributed by atoms with E-state index in [0.29, 0.717) is 18.0 Å². The number of hydrogen-bond donors (Lipinski definition) is 1. The van der Waals surface area contributed by atoms with Crippen LogP contribution in [0.5, 0.6) is 11.5 Å². The molecule has 1 aliphatic heterocycles. The van der Waals surface area contributed by atoms with Gasteiger partial charge in [0.2, 0.25) is 0 Å². The first-order valence-electron chi connectivity index (χ1n) is 7.79. The Labute approximate surface area is 150 Å². The summed E-state index contributed by atoms with van der Waals surface area (Å²) in [6, 6.07) is 11.3. The van der Waals surface area contributed by atoms with Crippen molar-refractivity contribution in [2.45, 2.75) is 5.37 Å². The van der Waals surface area contributed by atoms with Crippen molar-refractivity contribution in [2.75, 3.05) is 31.8 Å². The quantitative estimate of drug-likeness (QED) is 0.889. The van der Waals surface area contributed by atoms with Crippen LogP contribution >= 0.6 is 11.8 Å². The standard InChI is InChI=1S/C18H19FN2O3S/c1-23-12-7-8-16(24-2)13(11-12)17-21(9-10-25-17)18(22)20-15-6-4-3-5-14(15)19/h3-8,11,17H,9-10H2,1-2H3,(H,20,22)/t17-/m0/s1. The molecule has 3 rings (SSSR count). The molecule has 1 fully saturated rings. The van der Waals surface area contributed by atoms with Gasteiger partial charge in [0.25, 0.3) is 0 Å². The van der Waals surface area contributed by atoms with Gasteiger partial charge in [-0.15, -0.1) is 11.8 Å². The number of nitrogens with zero attached hydrogens (tertiary/aromatic N) is 1. The second-order valence-electron chi connectivity index (χ2n) is 5.43. The van der Waals surface area contributed by atoms with Gasteiger partial charge >= 0.3 is 6.03 Å². The minimum atomic E-state index is -0.460. The molecule has 2 amide bonds. The summed E-state index contributed by atoms with van der Waals surface area (Å²) in [7, 11) is 3.19. The molecule has 0 bridgehead atoms. The summed E-state index contributed by atoms with van der Waals surface area (Å²) in [6.45, 7) is 0.565. The Bertz CT molecular complexity index is 772. The monoisotopic (exact) mass is 362 g/mol. The summed E-state index contributed by atoms with van der Waals surface area (Å²) in [5.74, 6) is 1.70. The highest BCUT2D eigenvalue weighted by Crippen LogP contribution is 2.43. The van der Waals surface area contributed by atoms with E-state index < -0.39 is 5.82 Å². The minimum Gasteiger partial charge on any atom is -0.497 e. The molecule has 132 valence electrons. The van der Waals surface area contributed by atoms with Gasteiger partial charge in [0.05, 0.1) is 19.9 Å². The molecule has 0 aromatic heterocycles. The molecule has 1 heterocycles. The second kappa shape index (κ2) is 7.65. The lowest BCUT2D eigenvalue weighted by Gasteiger charge is -2.26. The number of rotatable bonds is 4. The highest BCUT2D eigenvalue weighted by molar-refractivity contribution is 7.99. The maximum absolute atomic E-state index is 13.8. The van der Waals surface area contributed by atoms with Crippen LogP contribution in [0.15, 0.2) is 42.5 Å². The van der Waals surface area contributed by atoms with Crippen LogP contribution in [0.25, 0.3) is 0 Å². The van der Waals surface area contributed by atoms with Crippen LogP contribution in [-0.2, 0) is 0 Å². The normalized spacial score (nSPS) is 16.6. The SMILES string of the molecule is COc1ccc(OC)c([C@@H]2SCCN2C(=O)Nc2ccccc2F)c1. The summed E-state index contributed by atoms with van der Waals surface area (Å²) in [5, 5.41) is 2.42. The van der Waals surface area contributed by atoms with Crippen LogP contribution in [-0.4, -0.2) is 37.4 Å². The zero-order chi connectivity index (χ0) is 17.8. The molecule has 0 unspecified atom stereocenters. The number of amides is 2. The Morgan fingerprint density at radius 2 is 2.04 bits per heavy atom. The highest BCUT2D eigenvalue weighted by Gasteiger charge is 2.33. The van der Waals surface area contributed by atoms with Gasteiger partial charge in [-0.05, 0) is 30.3 Å². The molecule has 0 spiro atoms. The molecule has 0 radical (unpaired) electrons. The van der Waals surface area contributed by atoms with Gasteiger partial charge in [-0.2, -0.15) is 0 Å². The predicted octanol–water partition coefficient (Wildman–Crippen LogP) is 4.12. The molecular weight excluding hydrogens is 343 g/mol. The van der Waals surface area contributed by atoms with Gasteiger partial charge in [-0.1, -0.05) is 12.1 Å². The zero-order valence-corrected chi connectivity index (χ0v) is 14.8. The number of carbonyl (C=O) groups excluding carboxylic acids is 1. The summed E-state index contributed by atoms with van der Waals surface area (Å²) in [4.78, 5) is 14.3. The second-order valence-corrected chi connectivity index (χ2v) is 6.62. The van der Waals surface area contributed by atoms with Crippen LogP contribution in [0, 0.1) is 5.82 Å². The number of urea groups is 1. The summed E-state index contributed by atoms with van der Waals surface area (Å²) < 4.78 is 24.5. The molecule has 25 heavy (non-hydrogen) atoms. The van der Waals surface area contributed by atoms with E-state index in [1.54, 1.807) is 43.0 Å². The van der Waals surface area contributed by atoms with Gasteiger partial charge < -0.3 is 19.7 Å². The number of nitrogens with one attached hydrogen (secondary N) is 1. The van der Waals surface area contributed by atoms with E-state index in [4.69, 9.17) is 9.47 Å². The smallest absolute Gasteiger partial charge is 0.323 e. The minimum absolute atomic E-state index is 0.167. The zero-order valence-electron chi connectivity index (χ0n) is 14.0. The van der Waals surface area contributed by atoms with E-state index >= 15 is 0 Å². The number of ether oxygens (including phenoxy) is 2. The Hall–Kier alpha value is -2.41. The van der Waals surface area contributed by atoms with Crippen LogP contribution in [0.1, 0.15) is 10.9 Å². The van der Waals surface area contributed by atoms with Crippen molar-refractivity contribution in [3.05, 3.63) is 53.8 Å². The van der Waals surface area contributed by atoms with E-state index in [0.717, 1.165) is 11.3 Å². The average Bonchev–Trinajstić information content (AvgIpc) is 3.12. The van der Waals surface area contributed by atoms with Gasteiger partial charge in [-0.25, -0.2) is 9.18 Å². The Kier molecular flexibility index (Phi) is 5.33. The van der Waals surface area contributed by atoms with Crippen LogP contribution < -0.4 is 14.8 Å². The first-order chi connectivity index (χ1) is 12.1. The number of thioether (sulfide) groups is 1. The van der Waals surface area contributed by atoms with Crippen molar-refractivity contribution >= 4 is 23.5 Å². The molecule has 0 saturated carbocycles. The number of para-hydroxylation sites is 1. The fourth-order valence-corrected chi connectivity index (χ4v) is 3.99. The highest BCUT2D eigenvalue weighted by atomic mass is 32.2. The maximum Gasteiger partial charge on any atom is 0.323 e. The van der Waals surface area contributed by atoms with Crippen LogP contribution in [0.3, 0.4) is 0 Å². The van der Waals surface area contributed by atoms with Gasteiger partial charge in [-0.3, -0.25) is 0 Å². The molecule has 1 atom stereocenters. The first kappa shape index (κ1) is 17.4. The number of halogens is 1. The summed E-state index contributed by atoms with van der Waals surface area (Å²) >= 11 is 1.63. The number of benzene rings is 2. The Morgan fingerprint density at radius 1 is 1.24 bits per heavy atom. The maximum atomic E-state index is 13.8. The third-order valence-corrected chi connectivity index (χ3v) is 5.21. The molecule has 1 saturated heterocycles. The molecule has 5 nitrogen and oxygen atoms in total. The van der Waals surface area contributed by atoms with E-state index in [-0.39, 0.29) is 17.1 Å². The molecule has 1 N–H and O–H groups in total. The topological polar surface area (TPSA) is 50.8 Å². The third kappa shape index (κ3) is 3.66. The molecule has 0 aliphatic carbocycles. The van der Waals surface area contributed by atoms with Crippen LogP contribution in [0.4, 0.5) is 14.9 Å². The fraction of sp³-hybridized carbons (Fsp3) is 0.278. The predicted molar refractivity (Wildman–Crippen MR) is 96.9 cm³/mol. The summed E-state index contributed by atoms with van der Waals surface area (Å²) in [6.07, 6.45) is 0. The number of methoxy groups -OCH3 is 2. The molecule has 2 aromatic rings. The van der Waals surface area contributed by atoms with Gasteiger partial charge in [0.1, 0.15) is 22.7 Å². The van der Waals surface area contributed by atoms with Crippen molar-refractivity contribution in [1.82, 2.24) is 4.90 Å². The van der Waals surface area contributed by atoms with Crippen molar-refractivity contribution in [1.29, 1.82) is 0 Å². The number of carbonyl (C=O) groups is 1. The van der Waals surface area contributed by atoms with Gasteiger partial charge in [0, 0.05) is 17.9 Å². The lowest BCUT2D eigenvalue weighted by atomic mass is 10.1. The van der Waals surface area contributed by atoms with Crippen molar-refractivity contribution in [3.63, 3.8) is 0 Å². The molecular formula is C18H19FN2O3S. The largest absolute Gasteiger partial charge is 0.497 e. The summed E-state index contributed by atoms with van der Waals surface area (Å²) in [5.41, 5.74) is 1.02. The van der Waals surface area contributed by atoms with Crippen LogP contribution in [0.2, 0.25) is 0 Å². The number of hydrogen-bond acceptors (Lipinski definition) is 4. The van der Waals surface area contributed by atoms with Crippen molar-refractivity contribution in [2.24, 2.45) is 0 Å². The molecule has 2 aromatic carbocycles. The molecule has 7 heteroatoms. The van der Waals surface area contributed by atoms with E-state index in [2.05, 4.69) is 5.32 Å². The van der Waals surface area contributed by atoms with Crippen molar-refractivity contribution in [3.8, 4) is 11.5 Å². The third-order valence-electron chi connectivity index (χ3n) is 3.97. The fourth-order valence-electron chi connectivity index (χ4n) is 2.72. The average molecular weight is 362 g/mol. The van der Waals surface area contributed by atoms with Crippen molar-refractivity contribution < 1.29 is 18.7 Å². The van der Waals surface area contributed by atoms with E-state index in [9.17, 15) is 9.18 Å². The van der Waals surface area contributed by atoms with E-state index in [1.165, 1.54) is 12.1 Å². The molecule has 1 aliphatic rings.